The Kier molecular flexibility index (Phi) is 2.93. The van der Waals surface area contributed by atoms with Gasteiger partial charge < -0.3 is 5.32 Å². The molecule has 104 valence electrons. The number of aromatic nitrogens is 5. The zero-order chi connectivity index (χ0) is 14.3. The van der Waals surface area contributed by atoms with Crippen molar-refractivity contribution in [3.05, 3.63) is 41.6 Å². The molecule has 1 N–H and O–H groups in total. The molecule has 1 atom stereocenters. The molecule has 0 fully saturated rings. The first-order chi connectivity index (χ1) is 9.54. The van der Waals surface area contributed by atoms with Gasteiger partial charge in [0.25, 0.3) is 0 Å². The molecule has 6 nitrogen and oxygen atoms in total. The van der Waals surface area contributed by atoms with E-state index in [2.05, 4.69) is 34.3 Å². The maximum atomic E-state index is 4.48. The lowest BCUT2D eigenvalue weighted by atomic mass is 10.1. The van der Waals surface area contributed by atoms with Gasteiger partial charge in [0.2, 0.25) is 0 Å². The smallest absolute Gasteiger partial charge is 0.155 e. The third kappa shape index (κ3) is 2.13. The van der Waals surface area contributed by atoms with Crippen LogP contribution in [0.4, 0.5) is 5.69 Å². The number of hydrogen-bond donors (Lipinski definition) is 1. The van der Waals surface area contributed by atoms with Crippen LogP contribution in [0.15, 0.2) is 24.7 Å². The van der Waals surface area contributed by atoms with E-state index in [1.807, 2.05) is 43.1 Å². The number of nitrogens with zero attached hydrogens (tertiary/aromatic N) is 5. The zero-order valence-electron chi connectivity index (χ0n) is 12.1. The minimum atomic E-state index is 0.139. The molecule has 0 saturated heterocycles. The first kappa shape index (κ1) is 12.7. The molecule has 0 spiro atoms. The highest BCUT2D eigenvalue weighted by atomic mass is 15.3. The van der Waals surface area contributed by atoms with Gasteiger partial charge in [-0.3, -0.25) is 4.68 Å². The van der Waals surface area contributed by atoms with E-state index in [4.69, 9.17) is 0 Å². The van der Waals surface area contributed by atoms with Crippen LogP contribution in [0.2, 0.25) is 0 Å². The van der Waals surface area contributed by atoms with Crippen molar-refractivity contribution in [2.24, 2.45) is 7.05 Å². The van der Waals surface area contributed by atoms with Gasteiger partial charge >= 0.3 is 0 Å². The number of anilines is 1. The third-order valence-electron chi connectivity index (χ3n) is 3.44. The molecule has 3 heterocycles. The van der Waals surface area contributed by atoms with Gasteiger partial charge in [-0.05, 0) is 20.8 Å². The largest absolute Gasteiger partial charge is 0.376 e. The van der Waals surface area contributed by atoms with Crippen molar-refractivity contribution in [3.8, 4) is 0 Å². The highest BCUT2D eigenvalue weighted by molar-refractivity contribution is 5.45. The molecule has 20 heavy (non-hydrogen) atoms. The fourth-order valence-electron chi connectivity index (χ4n) is 2.42. The predicted molar refractivity (Wildman–Crippen MR) is 77.7 cm³/mol. The van der Waals surface area contributed by atoms with Crippen molar-refractivity contribution in [2.45, 2.75) is 26.8 Å². The van der Waals surface area contributed by atoms with E-state index in [0.717, 1.165) is 28.3 Å². The molecule has 3 aromatic heterocycles. The number of nitrogens with one attached hydrogen (secondary N) is 1. The van der Waals surface area contributed by atoms with E-state index in [1.54, 1.807) is 4.68 Å². The van der Waals surface area contributed by atoms with Crippen molar-refractivity contribution >= 4 is 11.3 Å². The zero-order valence-corrected chi connectivity index (χ0v) is 12.1. The molecule has 0 aromatic carbocycles. The van der Waals surface area contributed by atoms with Gasteiger partial charge in [-0.25, -0.2) is 9.50 Å². The van der Waals surface area contributed by atoms with Gasteiger partial charge in [0.15, 0.2) is 5.65 Å². The molecule has 0 radical (unpaired) electrons. The maximum absolute atomic E-state index is 4.48. The van der Waals surface area contributed by atoms with Gasteiger partial charge in [-0.1, -0.05) is 0 Å². The lowest BCUT2D eigenvalue weighted by Crippen LogP contribution is -2.11. The van der Waals surface area contributed by atoms with Crippen LogP contribution in [-0.2, 0) is 7.05 Å². The van der Waals surface area contributed by atoms with Crippen LogP contribution in [0.1, 0.15) is 29.9 Å². The van der Waals surface area contributed by atoms with E-state index < -0.39 is 0 Å². The van der Waals surface area contributed by atoms with Gasteiger partial charge in [-0.15, -0.1) is 0 Å². The topological polar surface area (TPSA) is 60.0 Å². The van der Waals surface area contributed by atoms with E-state index in [0.29, 0.717) is 0 Å². The summed E-state index contributed by atoms with van der Waals surface area (Å²) in [6.07, 6.45) is 5.69. The normalized spacial score (nSPS) is 12.8. The summed E-state index contributed by atoms with van der Waals surface area (Å²) < 4.78 is 3.67. The second kappa shape index (κ2) is 4.63. The Labute approximate surface area is 117 Å². The summed E-state index contributed by atoms with van der Waals surface area (Å²) in [6, 6.07) is 2.12. The second-order valence-electron chi connectivity index (χ2n) is 5.12. The van der Waals surface area contributed by atoms with Crippen molar-refractivity contribution < 1.29 is 0 Å². The van der Waals surface area contributed by atoms with Crippen LogP contribution >= 0.6 is 0 Å². The average molecular weight is 270 g/mol. The Morgan fingerprint density at radius 2 is 2.05 bits per heavy atom. The predicted octanol–water partition coefficient (Wildman–Crippen LogP) is 2.25. The molecule has 0 aliphatic carbocycles. The van der Waals surface area contributed by atoms with Crippen LogP contribution in [-0.4, -0.2) is 24.4 Å². The maximum Gasteiger partial charge on any atom is 0.155 e. The molecule has 0 aliphatic heterocycles. The first-order valence-electron chi connectivity index (χ1n) is 6.61. The number of fused-ring (bicyclic) bond motifs is 1. The Bertz CT molecular complexity index is 754. The van der Waals surface area contributed by atoms with E-state index in [9.17, 15) is 0 Å². The second-order valence-corrected chi connectivity index (χ2v) is 5.12. The molecule has 3 rings (SSSR count). The number of rotatable bonds is 3. The van der Waals surface area contributed by atoms with Gasteiger partial charge in [0, 0.05) is 36.8 Å². The Balaban J connectivity index is 1.94. The van der Waals surface area contributed by atoms with Gasteiger partial charge in [0.1, 0.15) is 0 Å². The number of hydrogen-bond acceptors (Lipinski definition) is 4. The summed E-state index contributed by atoms with van der Waals surface area (Å²) in [4.78, 5) is 4.47. The van der Waals surface area contributed by atoms with E-state index in [1.165, 1.54) is 0 Å². The van der Waals surface area contributed by atoms with Crippen LogP contribution in [0.5, 0.6) is 0 Å². The van der Waals surface area contributed by atoms with Crippen molar-refractivity contribution in [1.29, 1.82) is 0 Å². The van der Waals surface area contributed by atoms with Crippen LogP contribution in [0.25, 0.3) is 5.65 Å². The monoisotopic (exact) mass is 270 g/mol. The summed E-state index contributed by atoms with van der Waals surface area (Å²) in [7, 11) is 1.90. The summed E-state index contributed by atoms with van der Waals surface area (Å²) in [5, 5.41) is 12.1. The molecule has 0 aliphatic rings. The summed E-state index contributed by atoms with van der Waals surface area (Å²) in [5.41, 5.74) is 5.09. The van der Waals surface area contributed by atoms with Crippen molar-refractivity contribution in [1.82, 2.24) is 24.4 Å². The van der Waals surface area contributed by atoms with Crippen LogP contribution in [0.3, 0.4) is 0 Å². The molecule has 0 saturated carbocycles. The Morgan fingerprint density at radius 1 is 1.25 bits per heavy atom. The van der Waals surface area contributed by atoms with Gasteiger partial charge in [0.05, 0.1) is 23.6 Å². The highest BCUT2D eigenvalue weighted by Crippen LogP contribution is 2.21. The van der Waals surface area contributed by atoms with Crippen molar-refractivity contribution in [3.63, 3.8) is 0 Å². The SMILES string of the molecule is Cc1cc2ncc(C(C)Nc3cnn(C)c3)c(C)n2n1. The molecule has 1 unspecified atom stereocenters. The highest BCUT2D eigenvalue weighted by Gasteiger charge is 2.13. The van der Waals surface area contributed by atoms with Crippen LogP contribution < -0.4 is 5.32 Å². The van der Waals surface area contributed by atoms with Crippen molar-refractivity contribution in [2.75, 3.05) is 5.32 Å². The molecular weight excluding hydrogens is 252 g/mol. The molecule has 0 bridgehead atoms. The lowest BCUT2D eigenvalue weighted by Gasteiger charge is -2.16. The quantitative estimate of drug-likeness (QED) is 0.793. The first-order valence-corrected chi connectivity index (χ1v) is 6.61. The molecular formula is C14H18N6. The Morgan fingerprint density at radius 3 is 2.75 bits per heavy atom. The molecule has 3 aromatic rings. The van der Waals surface area contributed by atoms with Crippen LogP contribution in [0, 0.1) is 13.8 Å². The third-order valence-corrected chi connectivity index (χ3v) is 3.44. The van der Waals surface area contributed by atoms with E-state index in [-0.39, 0.29) is 6.04 Å². The standard InChI is InChI=1S/C14H18N6/c1-9-5-14-15-7-13(11(3)20(14)18-9)10(2)17-12-6-16-19(4)8-12/h5-8,10,17H,1-4H3. The number of aryl methyl sites for hydroxylation is 3. The fourth-order valence-corrected chi connectivity index (χ4v) is 2.42. The summed E-state index contributed by atoms with van der Waals surface area (Å²) >= 11 is 0. The molecule has 6 heteroatoms. The minimum absolute atomic E-state index is 0.139. The van der Waals surface area contributed by atoms with E-state index >= 15 is 0 Å². The minimum Gasteiger partial charge on any atom is -0.376 e. The van der Waals surface area contributed by atoms with Gasteiger partial charge in [-0.2, -0.15) is 10.2 Å². The lowest BCUT2D eigenvalue weighted by molar-refractivity contribution is 0.767. The average Bonchev–Trinajstić information content (AvgIpc) is 2.95. The molecule has 0 amide bonds. The summed E-state index contributed by atoms with van der Waals surface area (Å²) in [6.45, 7) is 6.15. The fraction of sp³-hybridized carbons (Fsp3) is 0.357. The Hall–Kier alpha value is -2.37. The summed E-state index contributed by atoms with van der Waals surface area (Å²) in [5.74, 6) is 0.